The Balaban J connectivity index is 2.17. The molecule has 0 aliphatic rings. The number of carboxylic acids is 1. The molecule has 2 heterocycles. The first kappa shape index (κ1) is 16.2. The van der Waals surface area contributed by atoms with Crippen LogP contribution in [0.3, 0.4) is 0 Å². The maximum Gasteiger partial charge on any atom is 0.347 e. The number of aromatic nitrogens is 2. The summed E-state index contributed by atoms with van der Waals surface area (Å²) >= 11 is 1.04. The van der Waals surface area contributed by atoms with Gasteiger partial charge in [-0.05, 0) is 13.8 Å². The molecule has 1 unspecified atom stereocenters. The highest BCUT2D eigenvalue weighted by atomic mass is 32.1. The van der Waals surface area contributed by atoms with Crippen molar-refractivity contribution in [1.82, 2.24) is 15.5 Å². The second-order valence-corrected chi connectivity index (χ2v) is 6.29. The average molecular weight is 323 g/mol. The van der Waals surface area contributed by atoms with Crippen LogP contribution in [0, 0.1) is 6.92 Å². The molecule has 0 saturated heterocycles. The zero-order valence-corrected chi connectivity index (χ0v) is 13.5. The molecule has 0 bridgehead atoms. The normalized spacial score (nSPS) is 12.4. The molecule has 7 nitrogen and oxygen atoms in total. The number of nitrogens with zero attached hydrogens (tertiary/aromatic N) is 2. The number of hydrogen-bond acceptors (Lipinski definition) is 6. The fraction of sp³-hybridized carbons (Fsp3) is 0.429. The van der Waals surface area contributed by atoms with Gasteiger partial charge in [-0.1, -0.05) is 19.0 Å². The molecule has 1 atom stereocenters. The second-order valence-electron chi connectivity index (χ2n) is 5.22. The number of nitrogens with one attached hydrogen (secondary N) is 1. The molecular weight excluding hydrogens is 306 g/mol. The van der Waals surface area contributed by atoms with E-state index < -0.39 is 12.0 Å². The molecule has 2 aromatic heterocycles. The predicted molar refractivity (Wildman–Crippen MR) is 80.3 cm³/mol. The number of thiazole rings is 1. The predicted octanol–water partition coefficient (Wildman–Crippen LogP) is 2.75. The first-order valence-corrected chi connectivity index (χ1v) is 7.59. The van der Waals surface area contributed by atoms with Crippen LogP contribution in [0.1, 0.15) is 69.2 Å². The molecule has 2 aromatic rings. The van der Waals surface area contributed by atoms with Gasteiger partial charge in [0.05, 0.1) is 17.9 Å². The molecule has 1 amide bonds. The summed E-state index contributed by atoms with van der Waals surface area (Å²) < 4.78 is 5.20. The van der Waals surface area contributed by atoms with E-state index >= 15 is 0 Å². The maximum atomic E-state index is 12.4. The van der Waals surface area contributed by atoms with Crippen LogP contribution in [-0.4, -0.2) is 27.1 Å². The molecule has 22 heavy (non-hydrogen) atoms. The van der Waals surface area contributed by atoms with Crippen LogP contribution < -0.4 is 5.32 Å². The maximum absolute atomic E-state index is 12.4. The Morgan fingerprint density at radius 2 is 2.05 bits per heavy atom. The lowest BCUT2D eigenvalue weighted by Gasteiger charge is -2.12. The zero-order valence-electron chi connectivity index (χ0n) is 12.7. The molecule has 0 fully saturated rings. The van der Waals surface area contributed by atoms with Gasteiger partial charge < -0.3 is 14.9 Å². The largest absolute Gasteiger partial charge is 0.477 e. The van der Waals surface area contributed by atoms with Gasteiger partial charge >= 0.3 is 5.97 Å². The Labute approximate surface area is 131 Å². The number of aryl methyl sites for hydroxylation is 1. The fourth-order valence-electron chi connectivity index (χ4n) is 1.97. The number of rotatable bonds is 5. The Morgan fingerprint density at radius 3 is 2.59 bits per heavy atom. The minimum absolute atomic E-state index is 0.0377. The molecule has 0 spiro atoms. The van der Waals surface area contributed by atoms with E-state index in [4.69, 9.17) is 9.63 Å². The van der Waals surface area contributed by atoms with Crippen molar-refractivity contribution in [3.05, 3.63) is 33.1 Å². The van der Waals surface area contributed by atoms with Crippen molar-refractivity contribution in [2.75, 3.05) is 0 Å². The van der Waals surface area contributed by atoms with E-state index in [0.29, 0.717) is 22.0 Å². The molecule has 0 aromatic carbocycles. The summed E-state index contributed by atoms with van der Waals surface area (Å²) in [7, 11) is 0. The van der Waals surface area contributed by atoms with E-state index in [-0.39, 0.29) is 16.7 Å². The van der Waals surface area contributed by atoms with Crippen LogP contribution in [0.25, 0.3) is 0 Å². The van der Waals surface area contributed by atoms with Gasteiger partial charge in [0.2, 0.25) is 0 Å². The highest BCUT2D eigenvalue weighted by Crippen LogP contribution is 2.24. The van der Waals surface area contributed by atoms with Gasteiger partial charge in [-0.15, -0.1) is 11.3 Å². The molecule has 0 aliphatic heterocycles. The van der Waals surface area contributed by atoms with Gasteiger partial charge in [0.1, 0.15) is 15.4 Å². The summed E-state index contributed by atoms with van der Waals surface area (Å²) in [5.41, 5.74) is 0.954. The lowest BCUT2D eigenvalue weighted by atomic mass is 10.0. The van der Waals surface area contributed by atoms with Gasteiger partial charge in [-0.3, -0.25) is 4.79 Å². The van der Waals surface area contributed by atoms with E-state index in [2.05, 4.69) is 15.5 Å². The lowest BCUT2D eigenvalue weighted by molar-refractivity contribution is 0.0701. The molecular formula is C14H17N3O4S. The van der Waals surface area contributed by atoms with Crippen molar-refractivity contribution >= 4 is 23.2 Å². The van der Waals surface area contributed by atoms with Crippen molar-refractivity contribution in [1.29, 1.82) is 0 Å². The Bertz CT molecular complexity index is 705. The van der Waals surface area contributed by atoms with Gasteiger partial charge in [-0.2, -0.15) is 0 Å². The third-order valence-corrected chi connectivity index (χ3v) is 4.26. The van der Waals surface area contributed by atoms with Crippen LogP contribution >= 0.6 is 11.3 Å². The van der Waals surface area contributed by atoms with Gasteiger partial charge in [0.25, 0.3) is 5.91 Å². The van der Waals surface area contributed by atoms with Crippen LogP contribution in [0.4, 0.5) is 0 Å². The van der Waals surface area contributed by atoms with E-state index in [1.54, 1.807) is 13.8 Å². The molecule has 0 radical (unpaired) electrons. The Kier molecular flexibility index (Phi) is 4.60. The molecule has 8 heteroatoms. The van der Waals surface area contributed by atoms with E-state index in [0.717, 1.165) is 11.3 Å². The average Bonchev–Trinajstić information content (AvgIpc) is 3.04. The SMILES string of the molecule is Cc1noc(C(C)C)c1C(=O)NC(C)c1ncc(C(=O)O)s1. The van der Waals surface area contributed by atoms with Crippen molar-refractivity contribution in [3.63, 3.8) is 0 Å². The third-order valence-electron chi connectivity index (χ3n) is 3.09. The number of aromatic carboxylic acids is 1. The first-order chi connectivity index (χ1) is 10.3. The van der Waals surface area contributed by atoms with Crippen LogP contribution in [0.15, 0.2) is 10.7 Å². The van der Waals surface area contributed by atoms with Crippen LogP contribution in [-0.2, 0) is 0 Å². The first-order valence-electron chi connectivity index (χ1n) is 6.77. The van der Waals surface area contributed by atoms with E-state index in [1.807, 2.05) is 13.8 Å². The Hall–Kier alpha value is -2.22. The molecule has 2 rings (SSSR count). The van der Waals surface area contributed by atoms with E-state index in [9.17, 15) is 9.59 Å². The molecule has 0 saturated carbocycles. The second kappa shape index (κ2) is 6.27. The number of carbonyl (C=O) groups is 2. The zero-order chi connectivity index (χ0) is 16.4. The monoisotopic (exact) mass is 323 g/mol. The third kappa shape index (κ3) is 3.16. The molecule has 0 aliphatic carbocycles. The highest BCUT2D eigenvalue weighted by molar-refractivity contribution is 7.13. The number of carbonyl (C=O) groups excluding carboxylic acids is 1. The summed E-state index contributed by atoms with van der Waals surface area (Å²) in [4.78, 5) is 27.5. The highest BCUT2D eigenvalue weighted by Gasteiger charge is 2.24. The van der Waals surface area contributed by atoms with Crippen LogP contribution in [0.5, 0.6) is 0 Å². The summed E-state index contributed by atoms with van der Waals surface area (Å²) in [6.45, 7) is 7.29. The van der Waals surface area contributed by atoms with Crippen molar-refractivity contribution < 1.29 is 19.2 Å². The van der Waals surface area contributed by atoms with Crippen molar-refractivity contribution in [3.8, 4) is 0 Å². The van der Waals surface area contributed by atoms with Crippen molar-refractivity contribution in [2.45, 2.75) is 39.7 Å². The minimum atomic E-state index is -1.03. The fourth-order valence-corrected chi connectivity index (χ4v) is 2.73. The standard InChI is InChI=1S/C14H17N3O4S/c1-6(2)11-10(7(3)17-21-11)12(18)16-8(4)13-15-5-9(22-13)14(19)20/h5-6,8H,1-4H3,(H,16,18)(H,19,20). The van der Waals surface area contributed by atoms with E-state index in [1.165, 1.54) is 6.20 Å². The summed E-state index contributed by atoms with van der Waals surface area (Å²) in [5, 5.41) is 16.1. The quantitative estimate of drug-likeness (QED) is 0.876. The smallest absolute Gasteiger partial charge is 0.347 e. The number of carboxylic acid groups (broad SMARTS) is 1. The van der Waals surface area contributed by atoms with Crippen molar-refractivity contribution in [2.24, 2.45) is 0 Å². The van der Waals surface area contributed by atoms with Gasteiger partial charge in [0.15, 0.2) is 5.76 Å². The Morgan fingerprint density at radius 1 is 1.36 bits per heavy atom. The minimum Gasteiger partial charge on any atom is -0.477 e. The molecule has 118 valence electrons. The van der Waals surface area contributed by atoms with Crippen LogP contribution in [0.2, 0.25) is 0 Å². The summed E-state index contributed by atoms with van der Waals surface area (Å²) in [6.07, 6.45) is 1.29. The number of hydrogen-bond donors (Lipinski definition) is 2. The topological polar surface area (TPSA) is 105 Å². The summed E-state index contributed by atoms with van der Waals surface area (Å²) in [6, 6.07) is -0.403. The lowest BCUT2D eigenvalue weighted by Crippen LogP contribution is -2.27. The molecule has 2 N–H and O–H groups in total. The van der Waals surface area contributed by atoms with Gasteiger partial charge in [0, 0.05) is 5.92 Å². The van der Waals surface area contributed by atoms with Gasteiger partial charge in [-0.25, -0.2) is 9.78 Å². The summed E-state index contributed by atoms with van der Waals surface area (Å²) in [5.74, 6) is -0.760. The number of amides is 1.